The Labute approximate surface area is 143 Å². The van der Waals surface area contributed by atoms with Crippen molar-refractivity contribution in [1.82, 2.24) is 4.90 Å². The number of carbonyl (C=O) groups is 1. The second kappa shape index (κ2) is 6.19. The third-order valence-electron chi connectivity index (χ3n) is 3.73. The number of halogens is 2. The molecule has 0 N–H and O–H groups in total. The topological polar surface area (TPSA) is 67.6 Å². The van der Waals surface area contributed by atoms with E-state index in [0.717, 1.165) is 0 Å². The quantitative estimate of drug-likeness (QED) is 0.825. The third kappa shape index (κ3) is 3.39. The fraction of sp³-hybridized carbons (Fsp3) is 0.267. The highest BCUT2D eigenvalue weighted by atomic mass is 35.5. The molecule has 1 fully saturated rings. The number of rotatable bonds is 4. The van der Waals surface area contributed by atoms with Crippen LogP contribution in [-0.4, -0.2) is 37.6 Å². The highest BCUT2D eigenvalue weighted by Gasteiger charge is 2.40. The van der Waals surface area contributed by atoms with Gasteiger partial charge in [-0.05, 0) is 30.3 Å². The van der Waals surface area contributed by atoms with E-state index in [1.165, 1.54) is 17.2 Å². The molecule has 1 aliphatic rings. The molecule has 0 unspecified atom stereocenters. The van der Waals surface area contributed by atoms with Crippen molar-refractivity contribution in [2.24, 2.45) is 0 Å². The van der Waals surface area contributed by atoms with Crippen LogP contribution in [0, 0.1) is 0 Å². The van der Waals surface area contributed by atoms with E-state index < -0.39 is 15.1 Å². The molecule has 0 atom stereocenters. The van der Waals surface area contributed by atoms with E-state index >= 15 is 0 Å². The van der Waals surface area contributed by atoms with Crippen LogP contribution >= 0.6 is 23.2 Å². The molecule has 1 aromatic heterocycles. The van der Waals surface area contributed by atoms with Crippen molar-refractivity contribution >= 4 is 38.9 Å². The normalized spacial score (nSPS) is 15.5. The first kappa shape index (κ1) is 16.4. The average molecular weight is 374 g/mol. The van der Waals surface area contributed by atoms with E-state index in [1.54, 1.807) is 24.3 Å². The molecule has 1 aliphatic heterocycles. The van der Waals surface area contributed by atoms with E-state index in [0.29, 0.717) is 21.4 Å². The Morgan fingerprint density at radius 3 is 2.57 bits per heavy atom. The second-order valence-electron chi connectivity index (χ2n) is 5.35. The summed E-state index contributed by atoms with van der Waals surface area (Å²) < 4.78 is 29.6. The lowest BCUT2D eigenvalue weighted by Gasteiger charge is -2.38. The number of hydrogen-bond acceptors (Lipinski definition) is 4. The highest BCUT2D eigenvalue weighted by molar-refractivity contribution is 7.91. The zero-order valence-corrected chi connectivity index (χ0v) is 14.2. The molecule has 8 heteroatoms. The zero-order chi connectivity index (χ0) is 16.6. The second-order valence-corrected chi connectivity index (χ2v) is 8.44. The van der Waals surface area contributed by atoms with Gasteiger partial charge in [0.2, 0.25) is 0 Å². The maximum atomic E-state index is 12.3. The molecule has 5 nitrogen and oxygen atoms in total. The molecule has 0 spiro atoms. The summed E-state index contributed by atoms with van der Waals surface area (Å²) in [6.07, 6.45) is 1.44. The molecule has 0 radical (unpaired) electrons. The minimum atomic E-state index is -3.34. The van der Waals surface area contributed by atoms with Gasteiger partial charge in [-0.1, -0.05) is 23.2 Å². The maximum absolute atomic E-state index is 12.3. The van der Waals surface area contributed by atoms with Crippen molar-refractivity contribution in [1.29, 1.82) is 0 Å². The van der Waals surface area contributed by atoms with Crippen molar-refractivity contribution in [3.8, 4) is 0 Å². The van der Waals surface area contributed by atoms with E-state index in [9.17, 15) is 13.2 Å². The van der Waals surface area contributed by atoms with E-state index in [1.807, 2.05) is 0 Å². The van der Waals surface area contributed by atoms with E-state index in [4.69, 9.17) is 27.6 Å². The van der Waals surface area contributed by atoms with Crippen LogP contribution in [0.1, 0.15) is 16.1 Å². The molecular formula is C15H13Cl2NO4S. The average Bonchev–Trinajstić information content (AvgIpc) is 2.91. The number of sulfone groups is 1. The van der Waals surface area contributed by atoms with Gasteiger partial charge in [-0.3, -0.25) is 4.79 Å². The fourth-order valence-electron chi connectivity index (χ4n) is 2.35. The summed E-state index contributed by atoms with van der Waals surface area (Å²) in [5, 5.41) is 0.0880. The maximum Gasteiger partial charge on any atom is 0.253 e. The predicted molar refractivity (Wildman–Crippen MR) is 87.5 cm³/mol. The number of nitrogens with zero attached hydrogens (tertiary/aromatic N) is 1. The van der Waals surface area contributed by atoms with Gasteiger partial charge in [-0.25, -0.2) is 8.42 Å². The van der Waals surface area contributed by atoms with Crippen molar-refractivity contribution in [3.63, 3.8) is 0 Å². The van der Waals surface area contributed by atoms with Gasteiger partial charge in [0.1, 0.15) is 11.5 Å². The minimum absolute atomic E-state index is 0.153. The van der Waals surface area contributed by atoms with Crippen LogP contribution in [0.5, 0.6) is 0 Å². The van der Waals surface area contributed by atoms with Gasteiger partial charge >= 0.3 is 0 Å². The number of carbonyl (C=O) groups excluding carboxylic acids is 1. The number of likely N-dealkylation sites (tertiary alicyclic amines) is 1. The third-order valence-corrected chi connectivity index (χ3v) is 6.47. The number of hydrogen-bond donors (Lipinski definition) is 0. The van der Waals surface area contributed by atoms with Crippen molar-refractivity contribution in [2.75, 3.05) is 13.1 Å². The molecule has 23 heavy (non-hydrogen) atoms. The smallest absolute Gasteiger partial charge is 0.253 e. The van der Waals surface area contributed by atoms with Crippen LogP contribution in [0.2, 0.25) is 10.0 Å². The molecule has 1 saturated heterocycles. The summed E-state index contributed by atoms with van der Waals surface area (Å²) in [7, 11) is -3.34. The monoisotopic (exact) mass is 373 g/mol. The molecular weight excluding hydrogens is 361 g/mol. The van der Waals surface area contributed by atoms with Crippen molar-refractivity contribution < 1.29 is 17.6 Å². The van der Waals surface area contributed by atoms with Crippen LogP contribution in [0.25, 0.3) is 0 Å². The van der Waals surface area contributed by atoms with Crippen molar-refractivity contribution in [2.45, 2.75) is 11.0 Å². The number of amides is 1. The molecule has 2 aromatic rings. The Balaban J connectivity index is 1.64. The van der Waals surface area contributed by atoms with Crippen LogP contribution in [-0.2, 0) is 15.6 Å². The molecule has 2 heterocycles. The summed E-state index contributed by atoms with van der Waals surface area (Å²) in [6, 6.07) is 7.86. The SMILES string of the molecule is O=C(c1ccc(Cl)c(Cl)c1)N1CC(S(=O)(=O)Cc2ccco2)C1. The molecule has 1 aromatic carbocycles. The first-order chi connectivity index (χ1) is 10.9. The summed E-state index contributed by atoms with van der Waals surface area (Å²) in [4.78, 5) is 13.8. The largest absolute Gasteiger partial charge is 0.468 e. The number of benzene rings is 1. The molecule has 0 bridgehead atoms. The lowest BCUT2D eigenvalue weighted by molar-refractivity contribution is 0.0659. The summed E-state index contributed by atoms with van der Waals surface area (Å²) in [6.45, 7) is 0.338. The van der Waals surface area contributed by atoms with Gasteiger partial charge in [0.05, 0.1) is 21.6 Å². The number of furan rings is 1. The standard InChI is InChI=1S/C15H13Cl2NO4S/c16-13-4-3-10(6-14(13)17)15(19)18-7-12(8-18)23(20,21)9-11-2-1-5-22-11/h1-6,12H,7-9H2. The minimum Gasteiger partial charge on any atom is -0.468 e. The fourth-order valence-corrected chi connectivity index (χ4v) is 4.26. The lowest BCUT2D eigenvalue weighted by atomic mass is 10.1. The Morgan fingerprint density at radius 2 is 1.96 bits per heavy atom. The molecule has 122 valence electrons. The van der Waals surface area contributed by atoms with E-state index in [-0.39, 0.29) is 24.7 Å². The first-order valence-corrected chi connectivity index (χ1v) is 9.32. The van der Waals surface area contributed by atoms with Gasteiger partial charge in [-0.15, -0.1) is 0 Å². The molecule has 0 aliphatic carbocycles. The molecule has 1 amide bonds. The summed E-state index contributed by atoms with van der Waals surface area (Å²) in [5.41, 5.74) is 0.390. The summed E-state index contributed by atoms with van der Waals surface area (Å²) >= 11 is 11.7. The first-order valence-electron chi connectivity index (χ1n) is 6.85. The molecule has 0 saturated carbocycles. The van der Waals surface area contributed by atoms with Crippen molar-refractivity contribution in [3.05, 3.63) is 58.0 Å². The van der Waals surface area contributed by atoms with Gasteiger partial charge in [-0.2, -0.15) is 0 Å². The Morgan fingerprint density at radius 1 is 1.22 bits per heavy atom. The Kier molecular flexibility index (Phi) is 4.40. The van der Waals surface area contributed by atoms with Gasteiger partial charge < -0.3 is 9.32 Å². The zero-order valence-electron chi connectivity index (χ0n) is 11.9. The summed E-state index contributed by atoms with van der Waals surface area (Å²) in [5.74, 6) is -0.00768. The van der Waals surface area contributed by atoms with Gasteiger partial charge in [0.15, 0.2) is 9.84 Å². The van der Waals surface area contributed by atoms with Crippen LogP contribution in [0.3, 0.4) is 0 Å². The predicted octanol–water partition coefficient (Wildman–Crippen LogP) is 3.03. The Hall–Kier alpha value is -1.50. The highest BCUT2D eigenvalue weighted by Crippen LogP contribution is 2.26. The van der Waals surface area contributed by atoms with E-state index in [2.05, 4.69) is 0 Å². The lowest BCUT2D eigenvalue weighted by Crippen LogP contribution is -2.57. The Bertz CT molecular complexity index is 827. The van der Waals surface area contributed by atoms with Crippen LogP contribution in [0.4, 0.5) is 0 Å². The van der Waals surface area contributed by atoms with Gasteiger partial charge in [0, 0.05) is 18.7 Å². The molecule has 3 rings (SSSR count). The van der Waals surface area contributed by atoms with Crippen LogP contribution in [0.15, 0.2) is 41.0 Å². The van der Waals surface area contributed by atoms with Gasteiger partial charge in [0.25, 0.3) is 5.91 Å². The van der Waals surface area contributed by atoms with Crippen LogP contribution < -0.4 is 0 Å².